The third-order valence-electron chi connectivity index (χ3n) is 5.89. The molecule has 3 N–H and O–H groups in total. The van der Waals surface area contributed by atoms with E-state index in [1.165, 1.54) is 17.4 Å². The number of carbonyl (C=O) groups is 2. The summed E-state index contributed by atoms with van der Waals surface area (Å²) in [5, 5.41) is 6.45. The summed E-state index contributed by atoms with van der Waals surface area (Å²) >= 11 is 5.00. The van der Waals surface area contributed by atoms with E-state index in [2.05, 4.69) is 31.3 Å². The zero-order valence-electron chi connectivity index (χ0n) is 24.0. The van der Waals surface area contributed by atoms with Gasteiger partial charge in [-0.2, -0.15) is 0 Å². The van der Waals surface area contributed by atoms with Crippen LogP contribution in [-0.4, -0.2) is 49.4 Å². The molecule has 13 heteroatoms. The largest absolute Gasteiger partial charge is 0.447 e. The van der Waals surface area contributed by atoms with Crippen LogP contribution in [0.5, 0.6) is 0 Å². The van der Waals surface area contributed by atoms with Crippen LogP contribution in [0, 0.1) is 0 Å². The van der Waals surface area contributed by atoms with Gasteiger partial charge in [0.1, 0.15) is 4.60 Å². The fourth-order valence-corrected chi connectivity index (χ4v) is 8.04. The number of amides is 2. The third-order valence-corrected chi connectivity index (χ3v) is 9.77. The Hall–Kier alpha value is -2.22. The predicted octanol–water partition coefficient (Wildman–Crippen LogP) is 6.77. The van der Waals surface area contributed by atoms with Crippen LogP contribution in [0.3, 0.4) is 0 Å². The molecule has 222 valence electrons. The highest BCUT2D eigenvalue weighted by Crippen LogP contribution is 2.43. The molecule has 1 aliphatic carbocycles. The molecular formula is C27H39BrN4O6S2. The van der Waals surface area contributed by atoms with Crippen molar-refractivity contribution in [2.24, 2.45) is 0 Å². The Morgan fingerprint density at radius 3 is 2.20 bits per heavy atom. The van der Waals surface area contributed by atoms with Crippen LogP contribution in [-0.2, 0) is 19.5 Å². The minimum atomic E-state index is -3.97. The van der Waals surface area contributed by atoms with Gasteiger partial charge in [-0.15, -0.1) is 11.3 Å². The molecule has 0 atom stereocenters. The van der Waals surface area contributed by atoms with Gasteiger partial charge in [0, 0.05) is 28.7 Å². The molecule has 2 amide bonds. The number of anilines is 1. The Balaban J connectivity index is 1.88. The maximum absolute atomic E-state index is 13.5. The molecule has 0 saturated heterocycles. The van der Waals surface area contributed by atoms with E-state index in [1.807, 2.05) is 13.8 Å². The lowest BCUT2D eigenvalue weighted by molar-refractivity contribution is 0.109. The van der Waals surface area contributed by atoms with Gasteiger partial charge in [-0.25, -0.2) is 27.7 Å². The number of sulfonamides is 1. The Morgan fingerprint density at radius 1 is 1.02 bits per heavy atom. The van der Waals surface area contributed by atoms with E-state index < -0.39 is 27.7 Å². The molecule has 1 aromatic heterocycles. The number of thiazole rings is 1. The van der Waals surface area contributed by atoms with Crippen molar-refractivity contribution < 1.29 is 27.5 Å². The second-order valence-corrected chi connectivity index (χ2v) is 14.9. The highest BCUT2D eigenvalue weighted by molar-refractivity contribution is 9.10. The number of nitrogens with zero attached hydrogens (tertiary/aromatic N) is 1. The molecule has 0 bridgehead atoms. The zero-order chi connectivity index (χ0) is 29.8. The number of carbonyl (C=O) groups excluding carboxylic acids is 2. The lowest BCUT2D eigenvalue weighted by Crippen LogP contribution is -2.40. The number of hydrogen-bond acceptors (Lipinski definition) is 8. The lowest BCUT2D eigenvalue weighted by Gasteiger charge is -2.28. The Labute approximate surface area is 249 Å². The lowest BCUT2D eigenvalue weighted by atomic mass is 9.86. The van der Waals surface area contributed by atoms with Crippen molar-refractivity contribution in [2.45, 2.75) is 109 Å². The van der Waals surface area contributed by atoms with E-state index in [1.54, 1.807) is 46.8 Å². The van der Waals surface area contributed by atoms with Crippen molar-refractivity contribution in [2.75, 3.05) is 5.32 Å². The summed E-state index contributed by atoms with van der Waals surface area (Å²) in [4.78, 5) is 29.6. The van der Waals surface area contributed by atoms with E-state index in [-0.39, 0.29) is 29.1 Å². The van der Waals surface area contributed by atoms with Crippen LogP contribution in [0.1, 0.15) is 85.1 Å². The highest BCUT2D eigenvalue weighted by Gasteiger charge is 2.30. The van der Waals surface area contributed by atoms with E-state index in [0.717, 1.165) is 30.7 Å². The molecule has 0 unspecified atom stereocenters. The summed E-state index contributed by atoms with van der Waals surface area (Å²) in [6.07, 6.45) is 1.71. The fraction of sp³-hybridized carbons (Fsp3) is 0.593. The van der Waals surface area contributed by atoms with Crippen LogP contribution in [0.15, 0.2) is 27.7 Å². The average molecular weight is 660 g/mol. The molecule has 1 fully saturated rings. The maximum atomic E-state index is 13.5. The molecular weight excluding hydrogens is 620 g/mol. The Bertz CT molecular complexity index is 1310. The molecule has 0 radical (unpaired) electrons. The fourth-order valence-electron chi connectivity index (χ4n) is 4.39. The van der Waals surface area contributed by atoms with E-state index in [9.17, 15) is 18.0 Å². The molecule has 1 heterocycles. The first kappa shape index (κ1) is 32.3. The standard InChI is InChI=1S/C27H39BrN4O6S2/c1-15(2)37-25(33)29-18-10-8-17(9-11-18)24-31-23(28)22(39-24)20-13-12-19(30-26(34)38-16(3)4)14-21(20)40(35,36)32-27(5,6)7/h12-18,32H,8-11H2,1-7H3,(H,29,33)(H,30,34). The van der Waals surface area contributed by atoms with Gasteiger partial charge in [0.25, 0.3) is 0 Å². The molecule has 0 spiro atoms. The van der Waals surface area contributed by atoms with Crippen molar-refractivity contribution in [3.8, 4) is 10.4 Å². The summed E-state index contributed by atoms with van der Waals surface area (Å²) in [5.74, 6) is 0.189. The van der Waals surface area contributed by atoms with Gasteiger partial charge in [0.05, 0.1) is 27.0 Å². The number of rotatable bonds is 8. The number of hydrogen-bond donors (Lipinski definition) is 3. The predicted molar refractivity (Wildman–Crippen MR) is 160 cm³/mol. The van der Waals surface area contributed by atoms with Gasteiger partial charge in [-0.3, -0.25) is 5.32 Å². The summed E-state index contributed by atoms with van der Waals surface area (Å²) in [7, 11) is -3.97. The Morgan fingerprint density at radius 2 is 1.62 bits per heavy atom. The highest BCUT2D eigenvalue weighted by atomic mass is 79.9. The van der Waals surface area contributed by atoms with Crippen molar-refractivity contribution in [1.82, 2.24) is 15.0 Å². The second kappa shape index (κ2) is 13.2. The molecule has 0 aliphatic heterocycles. The van der Waals surface area contributed by atoms with Gasteiger partial charge < -0.3 is 14.8 Å². The summed E-state index contributed by atoms with van der Waals surface area (Å²) in [5.41, 5.74) is 0.0498. The third kappa shape index (κ3) is 9.15. The minimum Gasteiger partial charge on any atom is -0.447 e. The van der Waals surface area contributed by atoms with E-state index in [4.69, 9.17) is 14.5 Å². The summed E-state index contributed by atoms with van der Waals surface area (Å²) in [6.45, 7) is 12.4. The SMILES string of the molecule is CC(C)OC(=O)Nc1ccc(-c2sc(C3CCC(NC(=O)OC(C)C)CC3)nc2Br)c(S(=O)(=O)NC(C)(C)C)c1. The monoisotopic (exact) mass is 658 g/mol. The van der Waals surface area contributed by atoms with Gasteiger partial charge in [0.2, 0.25) is 10.0 Å². The molecule has 10 nitrogen and oxygen atoms in total. The van der Waals surface area contributed by atoms with Crippen LogP contribution in [0.25, 0.3) is 10.4 Å². The van der Waals surface area contributed by atoms with Gasteiger partial charge in [0.15, 0.2) is 0 Å². The molecule has 1 aromatic carbocycles. The van der Waals surface area contributed by atoms with Crippen LogP contribution in [0.4, 0.5) is 15.3 Å². The molecule has 2 aromatic rings. The number of nitrogens with one attached hydrogen (secondary N) is 3. The van der Waals surface area contributed by atoms with Crippen molar-refractivity contribution in [3.63, 3.8) is 0 Å². The van der Waals surface area contributed by atoms with Crippen LogP contribution < -0.4 is 15.4 Å². The smallest absolute Gasteiger partial charge is 0.411 e. The maximum Gasteiger partial charge on any atom is 0.411 e. The van der Waals surface area contributed by atoms with Crippen molar-refractivity contribution in [3.05, 3.63) is 27.8 Å². The van der Waals surface area contributed by atoms with E-state index >= 15 is 0 Å². The zero-order valence-corrected chi connectivity index (χ0v) is 27.2. The van der Waals surface area contributed by atoms with Crippen LogP contribution >= 0.6 is 27.3 Å². The second-order valence-electron chi connectivity index (χ2n) is 11.5. The quantitative estimate of drug-likeness (QED) is 0.285. The number of alkyl carbamates (subject to hydrolysis) is 1. The number of benzene rings is 1. The van der Waals surface area contributed by atoms with Gasteiger partial charge in [-0.05, 0) is 102 Å². The molecule has 1 aliphatic rings. The van der Waals surface area contributed by atoms with Gasteiger partial charge in [-0.1, -0.05) is 6.07 Å². The minimum absolute atomic E-state index is 0.0252. The molecule has 3 rings (SSSR count). The number of halogens is 1. The average Bonchev–Trinajstić information content (AvgIpc) is 3.18. The Kier molecular flexibility index (Phi) is 10.6. The van der Waals surface area contributed by atoms with Crippen molar-refractivity contribution >= 4 is 55.2 Å². The first-order valence-corrected chi connectivity index (χ1v) is 16.4. The molecule has 40 heavy (non-hydrogen) atoms. The first-order chi connectivity index (χ1) is 18.5. The number of ether oxygens (including phenoxy) is 2. The normalized spacial score (nSPS) is 18.1. The molecule has 1 saturated carbocycles. The van der Waals surface area contributed by atoms with E-state index in [0.29, 0.717) is 20.7 Å². The summed E-state index contributed by atoms with van der Waals surface area (Å²) in [6, 6.07) is 4.80. The van der Waals surface area contributed by atoms with Crippen LogP contribution in [0.2, 0.25) is 0 Å². The van der Waals surface area contributed by atoms with Crippen molar-refractivity contribution in [1.29, 1.82) is 0 Å². The first-order valence-electron chi connectivity index (χ1n) is 13.3. The topological polar surface area (TPSA) is 136 Å². The van der Waals surface area contributed by atoms with Gasteiger partial charge >= 0.3 is 12.2 Å². The number of aromatic nitrogens is 1. The summed E-state index contributed by atoms with van der Waals surface area (Å²) < 4.78 is 40.7.